The van der Waals surface area contributed by atoms with Crippen LogP contribution in [0.25, 0.3) is 43.1 Å². The number of hydrogen-bond donors (Lipinski definition) is 0. The van der Waals surface area contributed by atoms with Crippen LogP contribution in [0.3, 0.4) is 0 Å². The summed E-state index contributed by atoms with van der Waals surface area (Å²) in [4.78, 5) is 23.4. The van der Waals surface area contributed by atoms with Crippen molar-refractivity contribution in [3.05, 3.63) is 145 Å². The van der Waals surface area contributed by atoms with Gasteiger partial charge in [-0.2, -0.15) is 0 Å². The van der Waals surface area contributed by atoms with Crippen molar-refractivity contribution in [1.82, 2.24) is 0 Å². The average molecular weight is 581 g/mol. The molecule has 0 saturated carbocycles. The van der Waals surface area contributed by atoms with Gasteiger partial charge >= 0.3 is 11.9 Å². The maximum absolute atomic E-state index is 11.9. The van der Waals surface area contributed by atoms with Gasteiger partial charge in [-0.05, 0) is 81.6 Å². The molecule has 0 bridgehead atoms. The Morgan fingerprint density at radius 1 is 0.614 bits per heavy atom. The largest absolute Gasteiger partial charge is 0.462 e. The molecule has 0 aromatic heterocycles. The summed E-state index contributed by atoms with van der Waals surface area (Å²) in [6.07, 6.45) is 0.362. The molecule has 0 radical (unpaired) electrons. The van der Waals surface area contributed by atoms with Crippen LogP contribution >= 0.6 is 0 Å². The van der Waals surface area contributed by atoms with E-state index in [9.17, 15) is 9.59 Å². The van der Waals surface area contributed by atoms with Crippen molar-refractivity contribution >= 4 is 55.0 Å². The second kappa shape index (κ2) is 13.4. The van der Waals surface area contributed by atoms with Gasteiger partial charge in [-0.15, -0.1) is 0 Å². The highest BCUT2D eigenvalue weighted by Crippen LogP contribution is 2.34. The Labute approximate surface area is 258 Å². The summed E-state index contributed by atoms with van der Waals surface area (Å²) in [6.45, 7) is 12.9. The fraction of sp³-hybridized carbons (Fsp3) is 0.150. The average Bonchev–Trinajstić information content (AvgIpc) is 3.03. The molecule has 0 fully saturated rings. The number of esters is 2. The minimum absolute atomic E-state index is 0.329. The standard InChI is InChI=1S/2C20H18O2/c1-13(2)20(21)22-14(3)19-17-10-6-4-8-15(17)12-16-9-5-7-11-18(16)19;1-14(2)20(21)22-12-11-19-17-9-5-3-7-15(17)13-16-8-4-6-10-18(16)19/h4-12,14H,1H2,2-3H3;3-10,13H,1,11-12H2,2H3. The zero-order chi connectivity index (χ0) is 31.2. The fourth-order valence-electron chi connectivity index (χ4n) is 5.55. The van der Waals surface area contributed by atoms with Crippen molar-refractivity contribution in [1.29, 1.82) is 0 Å². The molecule has 0 N–H and O–H groups in total. The van der Waals surface area contributed by atoms with E-state index >= 15 is 0 Å². The lowest BCUT2D eigenvalue weighted by atomic mass is 9.94. The summed E-state index contributed by atoms with van der Waals surface area (Å²) in [6, 6.07) is 37.4. The summed E-state index contributed by atoms with van der Waals surface area (Å²) < 4.78 is 10.8. The number of benzene rings is 6. The molecule has 6 aromatic carbocycles. The van der Waals surface area contributed by atoms with Gasteiger partial charge in [-0.3, -0.25) is 0 Å². The fourth-order valence-corrected chi connectivity index (χ4v) is 5.55. The number of carbonyl (C=O) groups excluding carboxylic acids is 2. The molecule has 220 valence electrons. The predicted octanol–water partition coefficient (Wildman–Crippen LogP) is 9.83. The van der Waals surface area contributed by atoms with Crippen LogP contribution in [-0.2, 0) is 25.5 Å². The van der Waals surface area contributed by atoms with Crippen LogP contribution < -0.4 is 0 Å². The number of rotatable bonds is 7. The third kappa shape index (κ3) is 6.55. The zero-order valence-corrected chi connectivity index (χ0v) is 25.4. The van der Waals surface area contributed by atoms with Crippen LogP contribution in [0, 0.1) is 0 Å². The molecule has 1 atom stereocenters. The number of carbonyl (C=O) groups is 2. The van der Waals surface area contributed by atoms with E-state index in [0.717, 1.165) is 27.1 Å². The lowest BCUT2D eigenvalue weighted by Gasteiger charge is -2.18. The van der Waals surface area contributed by atoms with Crippen LogP contribution in [0.5, 0.6) is 0 Å². The molecule has 1 unspecified atom stereocenters. The Hall–Kier alpha value is -5.22. The first-order chi connectivity index (χ1) is 21.2. The smallest absolute Gasteiger partial charge is 0.333 e. The Morgan fingerprint density at radius 2 is 1.00 bits per heavy atom. The van der Waals surface area contributed by atoms with Crippen molar-refractivity contribution in [3.63, 3.8) is 0 Å². The number of fused-ring (bicyclic) bond motifs is 4. The molecular formula is C40H36O4. The third-order valence-corrected chi connectivity index (χ3v) is 7.67. The first-order valence-corrected chi connectivity index (χ1v) is 14.7. The van der Waals surface area contributed by atoms with E-state index in [4.69, 9.17) is 9.47 Å². The van der Waals surface area contributed by atoms with E-state index in [2.05, 4.69) is 73.8 Å². The molecule has 0 aliphatic heterocycles. The highest BCUT2D eigenvalue weighted by molar-refractivity contribution is 6.03. The molecule has 0 spiro atoms. The van der Waals surface area contributed by atoms with Gasteiger partial charge in [0.15, 0.2) is 0 Å². The van der Waals surface area contributed by atoms with Gasteiger partial charge < -0.3 is 9.47 Å². The number of hydrogen-bond acceptors (Lipinski definition) is 4. The van der Waals surface area contributed by atoms with Gasteiger partial charge in [0.25, 0.3) is 0 Å². The van der Waals surface area contributed by atoms with Crippen molar-refractivity contribution < 1.29 is 19.1 Å². The van der Waals surface area contributed by atoms with Gasteiger partial charge in [0, 0.05) is 23.1 Å². The topological polar surface area (TPSA) is 52.6 Å². The van der Waals surface area contributed by atoms with Crippen molar-refractivity contribution in [2.75, 3.05) is 6.61 Å². The van der Waals surface area contributed by atoms with Gasteiger partial charge in [0.05, 0.1) is 6.61 Å². The molecule has 4 heteroatoms. The summed E-state index contributed by atoms with van der Waals surface area (Å²) in [5.74, 6) is -0.686. The Kier molecular flexibility index (Phi) is 9.20. The van der Waals surface area contributed by atoms with Gasteiger partial charge in [-0.1, -0.05) is 110 Å². The van der Waals surface area contributed by atoms with Gasteiger partial charge in [0.2, 0.25) is 0 Å². The van der Waals surface area contributed by atoms with E-state index in [-0.39, 0.29) is 18.0 Å². The van der Waals surface area contributed by atoms with E-state index in [1.54, 1.807) is 13.8 Å². The summed E-state index contributed by atoms with van der Waals surface area (Å²) in [5.41, 5.74) is 3.12. The zero-order valence-electron chi connectivity index (χ0n) is 25.4. The SMILES string of the molecule is C=C(C)C(=O)OC(C)c1c2ccccc2cc2ccccc12.C=C(C)C(=O)OCCc1c2ccccc2cc2ccccc12. The van der Waals surface area contributed by atoms with Crippen LogP contribution in [0.15, 0.2) is 133 Å². The van der Waals surface area contributed by atoms with Crippen LogP contribution in [0.1, 0.15) is 38.0 Å². The normalized spacial score (nSPS) is 11.5. The summed E-state index contributed by atoms with van der Waals surface area (Å²) in [5, 5.41) is 9.38. The molecule has 0 saturated heterocycles. The summed E-state index contributed by atoms with van der Waals surface area (Å²) >= 11 is 0. The lowest BCUT2D eigenvalue weighted by Crippen LogP contribution is -2.10. The Balaban J connectivity index is 0.000000175. The predicted molar refractivity (Wildman–Crippen MR) is 182 cm³/mol. The highest BCUT2D eigenvalue weighted by atomic mass is 16.5. The van der Waals surface area contributed by atoms with Crippen LogP contribution in [0.4, 0.5) is 0 Å². The Morgan fingerprint density at radius 3 is 1.43 bits per heavy atom. The first-order valence-electron chi connectivity index (χ1n) is 14.7. The van der Waals surface area contributed by atoms with E-state index in [1.807, 2.05) is 55.5 Å². The van der Waals surface area contributed by atoms with Crippen LogP contribution in [0.2, 0.25) is 0 Å². The molecule has 44 heavy (non-hydrogen) atoms. The van der Waals surface area contributed by atoms with Crippen molar-refractivity contribution in [2.45, 2.75) is 33.3 Å². The second-order valence-electron chi connectivity index (χ2n) is 11.0. The Bertz CT molecular complexity index is 1930. The van der Waals surface area contributed by atoms with Crippen molar-refractivity contribution in [2.24, 2.45) is 0 Å². The summed E-state index contributed by atoms with van der Waals surface area (Å²) in [7, 11) is 0. The quantitative estimate of drug-likeness (QED) is 0.107. The van der Waals surface area contributed by atoms with Gasteiger partial charge in [-0.25, -0.2) is 9.59 Å². The molecule has 0 aliphatic carbocycles. The minimum atomic E-state index is -0.357. The third-order valence-electron chi connectivity index (χ3n) is 7.67. The lowest BCUT2D eigenvalue weighted by molar-refractivity contribution is -0.143. The maximum atomic E-state index is 11.9. The monoisotopic (exact) mass is 580 g/mol. The molecular weight excluding hydrogens is 544 g/mol. The molecule has 6 rings (SSSR count). The van der Waals surface area contributed by atoms with Gasteiger partial charge in [0.1, 0.15) is 6.10 Å². The molecule has 4 nitrogen and oxygen atoms in total. The molecule has 0 heterocycles. The number of ether oxygens (including phenoxy) is 2. The molecule has 6 aromatic rings. The van der Waals surface area contributed by atoms with Crippen molar-refractivity contribution in [3.8, 4) is 0 Å². The highest BCUT2D eigenvalue weighted by Gasteiger charge is 2.18. The van der Waals surface area contributed by atoms with E-state index in [1.165, 1.54) is 27.1 Å². The van der Waals surface area contributed by atoms with E-state index < -0.39 is 0 Å². The maximum Gasteiger partial charge on any atom is 0.333 e. The second-order valence-corrected chi connectivity index (χ2v) is 11.0. The molecule has 0 aliphatic rings. The molecule has 0 amide bonds. The minimum Gasteiger partial charge on any atom is -0.462 e. The van der Waals surface area contributed by atoms with Crippen LogP contribution in [-0.4, -0.2) is 18.5 Å². The first kappa shape index (κ1) is 30.2. The van der Waals surface area contributed by atoms with E-state index in [0.29, 0.717) is 24.2 Å².